The number of alkyl halides is 2. The average molecular weight is 505 g/mol. The van der Waals surface area contributed by atoms with Gasteiger partial charge in [-0.2, -0.15) is 13.9 Å². The fourth-order valence-electron chi connectivity index (χ4n) is 2.59. The zero-order valence-electron chi connectivity index (χ0n) is 15.3. The SMILES string of the molecule is COc1cc(C(=O)Nc2nn(Cc3c(F)cccc3Cl)cc2Br)ccc1OC(F)F. The van der Waals surface area contributed by atoms with E-state index in [4.69, 9.17) is 16.3 Å². The number of nitrogens with zero attached hydrogens (tertiary/aromatic N) is 2. The lowest BCUT2D eigenvalue weighted by Gasteiger charge is -2.11. The summed E-state index contributed by atoms with van der Waals surface area (Å²) in [6.45, 7) is -2.98. The number of halogens is 5. The van der Waals surface area contributed by atoms with Crippen molar-refractivity contribution >= 4 is 39.3 Å². The van der Waals surface area contributed by atoms with Crippen LogP contribution in [-0.2, 0) is 6.54 Å². The Morgan fingerprint density at radius 2 is 2.07 bits per heavy atom. The summed E-state index contributed by atoms with van der Waals surface area (Å²) in [7, 11) is 1.27. The van der Waals surface area contributed by atoms with E-state index in [-0.39, 0.29) is 40.0 Å². The molecule has 3 aromatic rings. The first-order valence-electron chi connectivity index (χ1n) is 8.38. The molecule has 0 fully saturated rings. The molecular formula is C19H14BrClF3N3O3. The molecule has 0 aliphatic heterocycles. The lowest BCUT2D eigenvalue weighted by atomic mass is 10.2. The number of carbonyl (C=O) groups is 1. The van der Waals surface area contributed by atoms with Gasteiger partial charge in [-0.15, -0.1) is 0 Å². The van der Waals surface area contributed by atoms with Crippen LogP contribution in [0.5, 0.6) is 11.5 Å². The van der Waals surface area contributed by atoms with Crippen LogP contribution in [0.2, 0.25) is 5.02 Å². The maximum absolute atomic E-state index is 14.0. The number of benzene rings is 2. The normalized spacial score (nSPS) is 10.9. The molecule has 1 N–H and O–H groups in total. The average Bonchev–Trinajstić information content (AvgIpc) is 3.03. The second kappa shape index (κ2) is 9.40. The smallest absolute Gasteiger partial charge is 0.387 e. The fraction of sp³-hybridized carbons (Fsp3) is 0.158. The molecule has 0 unspecified atom stereocenters. The third-order valence-corrected chi connectivity index (χ3v) is 4.91. The third-order valence-electron chi connectivity index (χ3n) is 3.97. The van der Waals surface area contributed by atoms with Crippen molar-refractivity contribution in [3.8, 4) is 11.5 Å². The predicted molar refractivity (Wildman–Crippen MR) is 108 cm³/mol. The van der Waals surface area contributed by atoms with Gasteiger partial charge in [0.2, 0.25) is 0 Å². The van der Waals surface area contributed by atoms with Crippen molar-refractivity contribution in [2.24, 2.45) is 0 Å². The van der Waals surface area contributed by atoms with Crippen molar-refractivity contribution in [1.82, 2.24) is 9.78 Å². The number of hydrogen-bond acceptors (Lipinski definition) is 4. The van der Waals surface area contributed by atoms with Gasteiger partial charge in [0.05, 0.1) is 18.1 Å². The van der Waals surface area contributed by atoms with E-state index >= 15 is 0 Å². The minimum atomic E-state index is -3.03. The van der Waals surface area contributed by atoms with E-state index in [9.17, 15) is 18.0 Å². The molecule has 3 rings (SSSR count). The molecule has 0 atom stereocenters. The Morgan fingerprint density at radius 1 is 1.30 bits per heavy atom. The summed E-state index contributed by atoms with van der Waals surface area (Å²) in [6, 6.07) is 8.12. The molecule has 1 heterocycles. The number of methoxy groups -OCH3 is 1. The number of hydrogen-bond donors (Lipinski definition) is 1. The Kier molecular flexibility index (Phi) is 6.88. The predicted octanol–water partition coefficient (Wildman–Crippen LogP) is 5.35. The Bertz CT molecular complexity index is 1060. The third kappa shape index (κ3) is 5.06. The molecule has 158 valence electrons. The van der Waals surface area contributed by atoms with E-state index in [0.717, 1.165) is 0 Å². The molecule has 6 nitrogen and oxygen atoms in total. The first kappa shape index (κ1) is 22.0. The van der Waals surface area contributed by atoms with Gasteiger partial charge in [0.1, 0.15) is 5.82 Å². The zero-order valence-corrected chi connectivity index (χ0v) is 17.7. The Balaban J connectivity index is 1.77. The Hall–Kier alpha value is -2.72. The van der Waals surface area contributed by atoms with E-state index in [1.165, 1.54) is 42.1 Å². The zero-order chi connectivity index (χ0) is 21.8. The minimum Gasteiger partial charge on any atom is -0.493 e. The summed E-state index contributed by atoms with van der Waals surface area (Å²) in [5.74, 6) is -1.08. The van der Waals surface area contributed by atoms with Crippen LogP contribution in [0.3, 0.4) is 0 Å². The molecule has 0 aliphatic carbocycles. The lowest BCUT2D eigenvalue weighted by molar-refractivity contribution is -0.0512. The summed E-state index contributed by atoms with van der Waals surface area (Å²) in [6.07, 6.45) is 1.55. The molecule has 0 bridgehead atoms. The second-order valence-corrected chi connectivity index (χ2v) is 7.18. The van der Waals surface area contributed by atoms with E-state index in [1.807, 2.05) is 0 Å². The number of nitrogens with one attached hydrogen (secondary N) is 1. The molecule has 0 aliphatic rings. The van der Waals surface area contributed by atoms with Crippen LogP contribution in [0.1, 0.15) is 15.9 Å². The van der Waals surface area contributed by atoms with Crippen LogP contribution < -0.4 is 14.8 Å². The standard InChI is InChI=1S/C19H14BrClF3N3O3/c1-29-16-7-10(5-6-15(16)30-19(23)24)18(28)25-17-12(20)9-27(26-17)8-11-13(21)3-2-4-14(11)22/h2-7,9,19H,8H2,1H3,(H,25,26,28). The molecule has 0 spiro atoms. The van der Waals surface area contributed by atoms with Crippen molar-refractivity contribution < 1.29 is 27.4 Å². The number of rotatable bonds is 7. The Morgan fingerprint density at radius 3 is 2.73 bits per heavy atom. The van der Waals surface area contributed by atoms with Gasteiger partial charge in [0.25, 0.3) is 5.91 Å². The van der Waals surface area contributed by atoms with Gasteiger partial charge in [-0.05, 0) is 46.3 Å². The molecule has 1 amide bonds. The van der Waals surface area contributed by atoms with E-state index in [1.54, 1.807) is 12.3 Å². The van der Waals surface area contributed by atoms with Crippen molar-refractivity contribution in [2.75, 3.05) is 12.4 Å². The molecular weight excluding hydrogens is 491 g/mol. The molecule has 30 heavy (non-hydrogen) atoms. The maximum Gasteiger partial charge on any atom is 0.387 e. The van der Waals surface area contributed by atoms with Gasteiger partial charge in [-0.3, -0.25) is 9.48 Å². The molecule has 0 saturated carbocycles. The molecule has 1 aromatic heterocycles. The number of anilines is 1. The van der Waals surface area contributed by atoms with Crippen LogP contribution >= 0.6 is 27.5 Å². The summed E-state index contributed by atoms with van der Waals surface area (Å²) in [5.41, 5.74) is 0.387. The van der Waals surface area contributed by atoms with Crippen molar-refractivity contribution in [3.05, 3.63) is 69.0 Å². The fourth-order valence-corrected chi connectivity index (χ4v) is 3.23. The number of aromatic nitrogens is 2. The van der Waals surface area contributed by atoms with Gasteiger partial charge in [0.15, 0.2) is 17.3 Å². The van der Waals surface area contributed by atoms with Crippen LogP contribution in [0, 0.1) is 5.82 Å². The van der Waals surface area contributed by atoms with Crippen molar-refractivity contribution in [3.63, 3.8) is 0 Å². The monoisotopic (exact) mass is 503 g/mol. The van der Waals surface area contributed by atoms with E-state index < -0.39 is 18.3 Å². The molecule has 11 heteroatoms. The molecule has 0 saturated heterocycles. The van der Waals surface area contributed by atoms with Crippen LogP contribution in [0.15, 0.2) is 47.1 Å². The van der Waals surface area contributed by atoms with Gasteiger partial charge in [-0.1, -0.05) is 17.7 Å². The second-order valence-electron chi connectivity index (χ2n) is 5.92. The molecule has 0 radical (unpaired) electrons. The van der Waals surface area contributed by atoms with Crippen LogP contribution in [-0.4, -0.2) is 29.4 Å². The summed E-state index contributed by atoms with van der Waals surface area (Å²) in [4.78, 5) is 12.5. The lowest BCUT2D eigenvalue weighted by Crippen LogP contribution is -2.14. The summed E-state index contributed by atoms with van der Waals surface area (Å²) >= 11 is 9.31. The van der Waals surface area contributed by atoms with Crippen LogP contribution in [0.25, 0.3) is 0 Å². The highest BCUT2D eigenvalue weighted by Crippen LogP contribution is 2.30. The van der Waals surface area contributed by atoms with E-state index in [2.05, 4.69) is 31.1 Å². The summed E-state index contributed by atoms with van der Waals surface area (Å²) in [5, 5.41) is 7.05. The van der Waals surface area contributed by atoms with Gasteiger partial charge >= 0.3 is 6.61 Å². The summed E-state index contributed by atoms with van der Waals surface area (Å²) < 4.78 is 50.0. The highest BCUT2D eigenvalue weighted by Gasteiger charge is 2.17. The van der Waals surface area contributed by atoms with Gasteiger partial charge in [0, 0.05) is 22.3 Å². The van der Waals surface area contributed by atoms with Crippen LogP contribution in [0.4, 0.5) is 19.0 Å². The number of amides is 1. The molecule has 2 aromatic carbocycles. The van der Waals surface area contributed by atoms with Gasteiger partial charge in [-0.25, -0.2) is 4.39 Å². The number of carbonyl (C=O) groups excluding carboxylic acids is 1. The van der Waals surface area contributed by atoms with Crippen molar-refractivity contribution in [1.29, 1.82) is 0 Å². The minimum absolute atomic E-state index is 0.0262. The quantitative estimate of drug-likeness (QED) is 0.471. The highest BCUT2D eigenvalue weighted by molar-refractivity contribution is 9.10. The number of ether oxygens (including phenoxy) is 2. The van der Waals surface area contributed by atoms with Crippen molar-refractivity contribution in [2.45, 2.75) is 13.2 Å². The Labute approximate surface area is 182 Å². The topological polar surface area (TPSA) is 65.4 Å². The highest BCUT2D eigenvalue weighted by atomic mass is 79.9. The van der Waals surface area contributed by atoms with E-state index in [0.29, 0.717) is 4.47 Å². The first-order chi connectivity index (χ1) is 14.3. The first-order valence-corrected chi connectivity index (χ1v) is 9.55. The van der Waals surface area contributed by atoms with Gasteiger partial charge < -0.3 is 14.8 Å². The largest absolute Gasteiger partial charge is 0.493 e. The maximum atomic E-state index is 14.0.